The van der Waals surface area contributed by atoms with Crippen LogP contribution in [0.15, 0.2) is 21.4 Å². The Morgan fingerprint density at radius 3 is 2.44 bits per heavy atom. The summed E-state index contributed by atoms with van der Waals surface area (Å²) >= 11 is 6.55. The number of hydrogen-bond donors (Lipinski definition) is 2. The predicted octanol–water partition coefficient (Wildman–Crippen LogP) is 2.58. The topological polar surface area (TPSA) is 65.7 Å². The van der Waals surface area contributed by atoms with Crippen LogP contribution in [0.1, 0.15) is 17.3 Å². The van der Waals surface area contributed by atoms with Gasteiger partial charge in [-0.2, -0.15) is 0 Å². The zero-order valence-electron chi connectivity index (χ0n) is 8.30. The third kappa shape index (κ3) is 1.99. The first-order valence-electron chi connectivity index (χ1n) is 4.59. The zero-order valence-corrected chi connectivity index (χ0v) is 11.5. The van der Waals surface area contributed by atoms with Gasteiger partial charge in [-0.25, -0.2) is 4.79 Å². The number of rotatable bonds is 2. The molecule has 2 rings (SSSR count). The highest BCUT2D eigenvalue weighted by molar-refractivity contribution is 9.10. The van der Waals surface area contributed by atoms with Crippen molar-refractivity contribution in [3.8, 4) is 0 Å². The van der Waals surface area contributed by atoms with Crippen LogP contribution in [0, 0.1) is 0 Å². The van der Waals surface area contributed by atoms with Gasteiger partial charge in [0.25, 0.3) is 0 Å². The van der Waals surface area contributed by atoms with Crippen LogP contribution in [0.5, 0.6) is 0 Å². The van der Waals surface area contributed by atoms with Gasteiger partial charge < -0.3 is 9.97 Å². The smallest absolute Gasteiger partial charge is 0.306 e. The van der Waals surface area contributed by atoms with Gasteiger partial charge in [0.2, 0.25) is 0 Å². The molecule has 0 saturated carbocycles. The number of nitrogens with one attached hydrogen (secondary N) is 2. The minimum Gasteiger partial charge on any atom is -0.306 e. The van der Waals surface area contributed by atoms with Gasteiger partial charge in [0.15, 0.2) is 5.78 Å². The molecule has 0 radical (unpaired) electrons. The monoisotopic (exact) mass is 346 g/mol. The number of benzene rings is 1. The Labute approximate surface area is 108 Å². The Morgan fingerprint density at radius 2 is 1.88 bits per heavy atom. The van der Waals surface area contributed by atoms with Gasteiger partial charge in [0.05, 0.1) is 15.9 Å². The summed E-state index contributed by atoms with van der Waals surface area (Å²) in [7, 11) is 0. The summed E-state index contributed by atoms with van der Waals surface area (Å²) < 4.78 is 0.673. The number of Topliss-reactive ketones (excluding diaryl/α,β-unsaturated/α-hetero) is 1. The van der Waals surface area contributed by atoms with Crippen molar-refractivity contribution in [2.24, 2.45) is 0 Å². The molecule has 0 fully saturated rings. The van der Waals surface area contributed by atoms with E-state index < -0.39 is 0 Å². The highest BCUT2D eigenvalue weighted by Gasteiger charge is 2.16. The minimum absolute atomic E-state index is 0.0316. The van der Waals surface area contributed by atoms with Crippen molar-refractivity contribution in [2.45, 2.75) is 11.8 Å². The van der Waals surface area contributed by atoms with E-state index in [1.807, 2.05) is 0 Å². The summed E-state index contributed by atoms with van der Waals surface area (Å²) in [6, 6.07) is 3.38. The molecule has 1 heterocycles. The molecule has 1 aromatic carbocycles. The van der Waals surface area contributed by atoms with Gasteiger partial charge in [-0.3, -0.25) is 4.79 Å². The van der Waals surface area contributed by atoms with E-state index >= 15 is 0 Å². The van der Waals surface area contributed by atoms with E-state index in [0.717, 1.165) is 0 Å². The Balaban J connectivity index is 2.66. The average Bonchev–Trinajstić information content (AvgIpc) is 2.54. The number of hydrogen-bond acceptors (Lipinski definition) is 2. The molecule has 1 atom stereocenters. The number of ketones is 1. The number of carbonyl (C=O) groups excluding carboxylic acids is 1. The lowest BCUT2D eigenvalue weighted by Crippen LogP contribution is -2.10. The normalized spacial score (nSPS) is 12.9. The predicted molar refractivity (Wildman–Crippen MR) is 69.3 cm³/mol. The Morgan fingerprint density at radius 1 is 1.31 bits per heavy atom. The second-order valence-corrected chi connectivity index (χ2v) is 5.66. The van der Waals surface area contributed by atoms with E-state index in [-0.39, 0.29) is 16.3 Å². The third-order valence-electron chi connectivity index (χ3n) is 2.23. The second-order valence-electron chi connectivity index (χ2n) is 3.44. The third-order valence-corrected chi connectivity index (χ3v) is 3.30. The number of aromatic nitrogens is 2. The van der Waals surface area contributed by atoms with E-state index in [2.05, 4.69) is 41.8 Å². The lowest BCUT2D eigenvalue weighted by Gasteiger charge is -2.05. The number of carbonyl (C=O) groups is 1. The Bertz CT molecular complexity index is 613. The summed E-state index contributed by atoms with van der Waals surface area (Å²) in [6.45, 7) is 1.76. The molecule has 0 aliphatic carbocycles. The van der Waals surface area contributed by atoms with Crippen LogP contribution in [0.4, 0.5) is 0 Å². The highest BCUT2D eigenvalue weighted by Crippen LogP contribution is 2.24. The number of halogens is 2. The first kappa shape index (κ1) is 11.6. The molecule has 84 valence electrons. The first-order chi connectivity index (χ1) is 7.49. The van der Waals surface area contributed by atoms with E-state index in [0.29, 0.717) is 21.1 Å². The second kappa shape index (κ2) is 4.18. The van der Waals surface area contributed by atoms with Crippen molar-refractivity contribution in [3.63, 3.8) is 0 Å². The van der Waals surface area contributed by atoms with Crippen LogP contribution >= 0.6 is 31.9 Å². The quantitative estimate of drug-likeness (QED) is 0.647. The largest absolute Gasteiger partial charge is 0.323 e. The molecule has 2 N–H and O–H groups in total. The van der Waals surface area contributed by atoms with E-state index in [9.17, 15) is 9.59 Å². The Kier molecular flexibility index (Phi) is 3.03. The molecule has 2 aromatic rings. The molecule has 16 heavy (non-hydrogen) atoms. The molecule has 0 saturated heterocycles. The maximum absolute atomic E-state index is 11.8. The number of alkyl halides is 1. The maximum Gasteiger partial charge on any atom is 0.323 e. The van der Waals surface area contributed by atoms with Crippen molar-refractivity contribution < 1.29 is 4.79 Å². The van der Waals surface area contributed by atoms with Gasteiger partial charge in [-0.1, -0.05) is 15.9 Å². The van der Waals surface area contributed by atoms with Crippen LogP contribution in [-0.2, 0) is 0 Å². The van der Waals surface area contributed by atoms with E-state index in [4.69, 9.17) is 0 Å². The van der Waals surface area contributed by atoms with Gasteiger partial charge in [0.1, 0.15) is 0 Å². The summed E-state index contributed by atoms with van der Waals surface area (Å²) in [6.07, 6.45) is 0. The maximum atomic E-state index is 11.8. The van der Waals surface area contributed by atoms with Crippen LogP contribution in [-0.4, -0.2) is 20.6 Å². The van der Waals surface area contributed by atoms with Crippen molar-refractivity contribution in [3.05, 3.63) is 32.7 Å². The number of fused-ring (bicyclic) bond motifs is 1. The van der Waals surface area contributed by atoms with Crippen LogP contribution in [0.3, 0.4) is 0 Å². The van der Waals surface area contributed by atoms with Crippen LogP contribution in [0.2, 0.25) is 0 Å². The number of aromatic amines is 2. The summed E-state index contributed by atoms with van der Waals surface area (Å²) in [5.74, 6) is -0.0316. The van der Waals surface area contributed by atoms with Gasteiger partial charge in [-0.05, 0) is 35.0 Å². The molecule has 0 amide bonds. The summed E-state index contributed by atoms with van der Waals surface area (Å²) in [5, 5.41) is 0. The van der Waals surface area contributed by atoms with Crippen molar-refractivity contribution in [2.75, 3.05) is 0 Å². The van der Waals surface area contributed by atoms with Crippen LogP contribution < -0.4 is 5.69 Å². The molecule has 1 unspecified atom stereocenters. The first-order valence-corrected chi connectivity index (χ1v) is 6.29. The van der Waals surface area contributed by atoms with Crippen LogP contribution in [0.25, 0.3) is 11.0 Å². The number of imidazole rings is 1. The van der Waals surface area contributed by atoms with E-state index in [1.165, 1.54) is 0 Å². The number of H-pyrrole nitrogens is 2. The lowest BCUT2D eigenvalue weighted by molar-refractivity contribution is 0.0995. The Hall–Kier alpha value is -0.880. The molecule has 0 aliphatic rings. The molecular weight excluding hydrogens is 340 g/mol. The van der Waals surface area contributed by atoms with Gasteiger partial charge in [-0.15, -0.1) is 0 Å². The molecular formula is C10H8Br2N2O2. The average molecular weight is 348 g/mol. The molecule has 4 nitrogen and oxygen atoms in total. The fourth-order valence-electron chi connectivity index (χ4n) is 1.46. The fourth-order valence-corrected chi connectivity index (χ4v) is 2.24. The molecule has 1 aromatic heterocycles. The van der Waals surface area contributed by atoms with Gasteiger partial charge >= 0.3 is 5.69 Å². The molecule has 6 heteroatoms. The summed E-state index contributed by atoms with van der Waals surface area (Å²) in [5.41, 5.74) is 1.57. The van der Waals surface area contributed by atoms with E-state index in [1.54, 1.807) is 19.1 Å². The molecule has 0 bridgehead atoms. The van der Waals surface area contributed by atoms with Gasteiger partial charge in [0, 0.05) is 10.0 Å². The highest BCUT2D eigenvalue weighted by atomic mass is 79.9. The lowest BCUT2D eigenvalue weighted by atomic mass is 10.1. The standard InChI is InChI=1S/C10H8Br2N2O2/c1-4(11)9(15)5-2-7-8(3-6(5)12)14-10(16)13-7/h2-4H,1H3,(H2,13,14,16). The molecule has 0 spiro atoms. The van der Waals surface area contributed by atoms with Crippen molar-refractivity contribution >= 4 is 48.7 Å². The van der Waals surface area contributed by atoms with Crippen molar-refractivity contribution in [1.82, 2.24) is 9.97 Å². The molecule has 0 aliphatic heterocycles. The fraction of sp³-hybridized carbons (Fsp3) is 0.200. The SMILES string of the molecule is CC(Br)C(=O)c1cc2[nH]c(=O)[nH]c2cc1Br. The zero-order chi connectivity index (χ0) is 11.9. The minimum atomic E-state index is -0.279. The van der Waals surface area contributed by atoms with Crippen molar-refractivity contribution in [1.29, 1.82) is 0 Å². The summed E-state index contributed by atoms with van der Waals surface area (Å²) in [4.78, 5) is 27.9.